The third-order valence-corrected chi connectivity index (χ3v) is 3.56. The number of likely N-dealkylation sites (tertiary alicyclic amines) is 1. The van der Waals surface area contributed by atoms with Gasteiger partial charge in [-0.05, 0) is 33.2 Å². The summed E-state index contributed by atoms with van der Waals surface area (Å²) < 4.78 is 0. The molecule has 3 atom stereocenters. The highest BCUT2D eigenvalue weighted by atomic mass is 16.3. The Morgan fingerprint density at radius 2 is 2.31 bits per heavy atom. The monoisotopic (exact) mass is 226 g/mol. The summed E-state index contributed by atoms with van der Waals surface area (Å²) in [5.74, 6) is -0.192. The van der Waals surface area contributed by atoms with Crippen molar-refractivity contribution in [1.29, 1.82) is 0 Å². The number of nitrogens with one attached hydrogen (secondary N) is 1. The Hall–Kier alpha value is -0.940. The van der Waals surface area contributed by atoms with Crippen molar-refractivity contribution in [1.82, 2.24) is 10.2 Å². The van der Waals surface area contributed by atoms with Gasteiger partial charge in [0.1, 0.15) is 11.6 Å². The Kier molecular flexibility index (Phi) is 2.75. The molecule has 5 heteroatoms. The third-order valence-electron chi connectivity index (χ3n) is 3.56. The number of carbonyl (C=O) groups excluding carboxylic acids is 2. The van der Waals surface area contributed by atoms with E-state index in [1.165, 1.54) is 11.8 Å². The Labute approximate surface area is 94.8 Å². The number of Topliss-reactive ketones (excluding diaryl/α,β-unsaturated/α-hetero) is 1. The zero-order valence-electron chi connectivity index (χ0n) is 9.69. The van der Waals surface area contributed by atoms with Crippen LogP contribution in [0.15, 0.2) is 0 Å². The Balaban J connectivity index is 2.08. The highest BCUT2D eigenvalue weighted by Crippen LogP contribution is 2.33. The first-order valence-electron chi connectivity index (χ1n) is 5.72. The van der Waals surface area contributed by atoms with Gasteiger partial charge in [0.2, 0.25) is 5.91 Å². The maximum absolute atomic E-state index is 12.0. The first kappa shape index (κ1) is 11.5. The molecule has 2 rings (SSSR count). The van der Waals surface area contributed by atoms with Gasteiger partial charge in [-0.25, -0.2) is 0 Å². The first-order chi connectivity index (χ1) is 7.48. The molecule has 2 aliphatic heterocycles. The molecule has 2 saturated heterocycles. The summed E-state index contributed by atoms with van der Waals surface area (Å²) in [6, 6.07) is -0.680. The molecule has 5 nitrogen and oxygen atoms in total. The van der Waals surface area contributed by atoms with E-state index in [4.69, 9.17) is 0 Å². The molecule has 2 fully saturated rings. The summed E-state index contributed by atoms with van der Waals surface area (Å²) in [4.78, 5) is 24.9. The zero-order valence-corrected chi connectivity index (χ0v) is 9.69. The molecule has 1 amide bonds. The van der Waals surface area contributed by atoms with Crippen LogP contribution in [0.5, 0.6) is 0 Å². The number of β-lactam (4-membered cyclic amide) rings is 1. The van der Waals surface area contributed by atoms with E-state index < -0.39 is 17.7 Å². The molecule has 2 N–H and O–H groups in total. The van der Waals surface area contributed by atoms with Crippen LogP contribution >= 0.6 is 0 Å². The van der Waals surface area contributed by atoms with Crippen molar-refractivity contribution >= 4 is 11.7 Å². The van der Waals surface area contributed by atoms with Crippen molar-refractivity contribution in [2.45, 2.75) is 44.4 Å². The van der Waals surface area contributed by atoms with Gasteiger partial charge in [0.15, 0.2) is 5.78 Å². The molecule has 90 valence electrons. The fourth-order valence-electron chi connectivity index (χ4n) is 2.78. The summed E-state index contributed by atoms with van der Waals surface area (Å²) >= 11 is 0. The first-order valence-corrected chi connectivity index (χ1v) is 5.72. The van der Waals surface area contributed by atoms with Crippen LogP contribution in [0, 0.1) is 0 Å². The molecular weight excluding hydrogens is 208 g/mol. The van der Waals surface area contributed by atoms with E-state index in [0.717, 1.165) is 19.4 Å². The van der Waals surface area contributed by atoms with Gasteiger partial charge in [-0.3, -0.25) is 9.59 Å². The van der Waals surface area contributed by atoms with Gasteiger partial charge in [-0.15, -0.1) is 0 Å². The van der Waals surface area contributed by atoms with E-state index in [0.29, 0.717) is 6.54 Å². The molecule has 0 aliphatic carbocycles. The largest absolute Gasteiger partial charge is 0.391 e. The number of amides is 1. The van der Waals surface area contributed by atoms with E-state index in [1.807, 2.05) is 0 Å². The highest BCUT2D eigenvalue weighted by molar-refractivity contribution is 5.97. The van der Waals surface area contributed by atoms with Crippen molar-refractivity contribution in [2.75, 3.05) is 13.1 Å². The maximum atomic E-state index is 12.0. The van der Waals surface area contributed by atoms with Gasteiger partial charge in [0.25, 0.3) is 0 Å². The van der Waals surface area contributed by atoms with Crippen LogP contribution in [0.3, 0.4) is 0 Å². The minimum absolute atomic E-state index is 0.0360. The van der Waals surface area contributed by atoms with Crippen LogP contribution in [0.1, 0.15) is 26.7 Å². The lowest BCUT2D eigenvalue weighted by Gasteiger charge is -2.50. The second-order valence-electron chi connectivity index (χ2n) is 4.84. The van der Waals surface area contributed by atoms with Gasteiger partial charge in [-0.2, -0.15) is 0 Å². The van der Waals surface area contributed by atoms with E-state index in [2.05, 4.69) is 5.32 Å². The molecule has 0 radical (unpaired) electrons. The Bertz CT molecular complexity index is 321. The van der Waals surface area contributed by atoms with Crippen LogP contribution in [0.2, 0.25) is 0 Å². The highest BCUT2D eigenvalue weighted by Gasteiger charge is 2.56. The minimum Gasteiger partial charge on any atom is -0.391 e. The van der Waals surface area contributed by atoms with Crippen molar-refractivity contribution in [2.24, 2.45) is 0 Å². The summed E-state index contributed by atoms with van der Waals surface area (Å²) in [5.41, 5.74) is -0.428. The fourth-order valence-corrected chi connectivity index (χ4v) is 2.78. The number of nitrogens with zero attached hydrogens (tertiary/aromatic N) is 1. The van der Waals surface area contributed by atoms with Crippen LogP contribution in [0.4, 0.5) is 0 Å². The van der Waals surface area contributed by atoms with Crippen LogP contribution < -0.4 is 5.32 Å². The number of ketones is 1. The molecule has 2 heterocycles. The van der Waals surface area contributed by atoms with Gasteiger partial charge in [0, 0.05) is 6.54 Å². The predicted octanol–water partition coefficient (Wildman–Crippen LogP) is -0.711. The van der Waals surface area contributed by atoms with E-state index >= 15 is 0 Å². The molecule has 0 aromatic carbocycles. The lowest BCUT2D eigenvalue weighted by molar-refractivity contribution is -0.163. The molecule has 0 aromatic heterocycles. The summed E-state index contributed by atoms with van der Waals surface area (Å²) in [5, 5.41) is 12.7. The van der Waals surface area contributed by atoms with E-state index in [1.54, 1.807) is 6.92 Å². The lowest BCUT2D eigenvalue weighted by atomic mass is 9.84. The number of rotatable bonds is 3. The van der Waals surface area contributed by atoms with Crippen LogP contribution in [-0.2, 0) is 9.59 Å². The number of hydrogen-bond acceptors (Lipinski definition) is 4. The molecule has 0 aromatic rings. The number of hydrogen-bond donors (Lipinski definition) is 2. The number of aliphatic hydroxyl groups excluding tert-OH is 1. The fraction of sp³-hybridized carbons (Fsp3) is 0.818. The second kappa shape index (κ2) is 3.82. The van der Waals surface area contributed by atoms with Crippen LogP contribution in [-0.4, -0.2) is 52.5 Å². The van der Waals surface area contributed by atoms with Crippen molar-refractivity contribution < 1.29 is 14.7 Å². The minimum atomic E-state index is -0.805. The van der Waals surface area contributed by atoms with Gasteiger partial charge >= 0.3 is 0 Å². The van der Waals surface area contributed by atoms with Gasteiger partial charge < -0.3 is 15.3 Å². The zero-order chi connectivity index (χ0) is 11.9. The molecule has 1 spiro atoms. The van der Waals surface area contributed by atoms with Gasteiger partial charge in [0.05, 0.1) is 6.10 Å². The maximum Gasteiger partial charge on any atom is 0.245 e. The topological polar surface area (TPSA) is 69.6 Å². The smallest absolute Gasteiger partial charge is 0.245 e. The van der Waals surface area contributed by atoms with E-state index in [-0.39, 0.29) is 11.7 Å². The molecule has 0 saturated carbocycles. The summed E-state index contributed by atoms with van der Waals surface area (Å²) in [6.45, 7) is 4.37. The van der Waals surface area contributed by atoms with Crippen LogP contribution in [0.25, 0.3) is 0 Å². The molecular formula is C11H18N2O3. The Morgan fingerprint density at radius 1 is 1.62 bits per heavy atom. The SMILES string of the molecule is CC(=O)[C@H]([C@@H](C)O)N1CC2(CCCN2)C1=O. The normalized spacial score (nSPS) is 32.7. The molecule has 0 bridgehead atoms. The number of aliphatic hydroxyl groups is 1. The summed E-state index contributed by atoms with van der Waals surface area (Å²) in [6.07, 6.45) is 1.03. The van der Waals surface area contributed by atoms with Crippen molar-refractivity contribution in [3.8, 4) is 0 Å². The quantitative estimate of drug-likeness (QED) is 0.624. The van der Waals surface area contributed by atoms with Crippen molar-refractivity contribution in [3.05, 3.63) is 0 Å². The third kappa shape index (κ3) is 1.55. The average Bonchev–Trinajstić information content (AvgIpc) is 2.67. The lowest BCUT2D eigenvalue weighted by Crippen LogP contribution is -2.75. The number of carbonyl (C=O) groups is 2. The second-order valence-corrected chi connectivity index (χ2v) is 4.84. The molecule has 1 unspecified atom stereocenters. The molecule has 2 aliphatic rings. The Morgan fingerprint density at radius 3 is 2.69 bits per heavy atom. The molecule has 16 heavy (non-hydrogen) atoms. The van der Waals surface area contributed by atoms with Crippen molar-refractivity contribution in [3.63, 3.8) is 0 Å². The standard InChI is InChI=1S/C11H18N2O3/c1-7(14)9(8(2)15)13-6-11(10(13)16)4-3-5-12-11/h7,9,12,14H,3-6H2,1-2H3/t7-,9+,11?/m1/s1. The van der Waals surface area contributed by atoms with E-state index in [9.17, 15) is 14.7 Å². The average molecular weight is 226 g/mol. The van der Waals surface area contributed by atoms with Gasteiger partial charge in [-0.1, -0.05) is 0 Å². The predicted molar refractivity (Wildman–Crippen MR) is 57.8 cm³/mol. The summed E-state index contributed by atoms with van der Waals surface area (Å²) in [7, 11) is 0.